The smallest absolute Gasteiger partial charge is 0.248 e. The number of hydrogen-bond donors (Lipinski definition) is 2. The van der Waals surface area contributed by atoms with Gasteiger partial charge in [0.2, 0.25) is 5.91 Å². The van der Waals surface area contributed by atoms with Crippen LogP contribution >= 0.6 is 24.0 Å². The zero-order chi connectivity index (χ0) is 21.6. The predicted octanol–water partition coefficient (Wildman–Crippen LogP) is 2.45. The summed E-state index contributed by atoms with van der Waals surface area (Å²) in [6.07, 6.45) is 0.180. The molecule has 0 aromatic heterocycles. The lowest BCUT2D eigenvalue weighted by atomic mass is 10.1. The molecule has 0 spiro atoms. The van der Waals surface area contributed by atoms with Crippen LogP contribution in [-0.4, -0.2) is 66.6 Å². The van der Waals surface area contributed by atoms with Crippen LogP contribution in [0.2, 0.25) is 0 Å². The average molecular weight is 549 g/mol. The third kappa shape index (κ3) is 5.99. The van der Waals surface area contributed by atoms with E-state index in [2.05, 4.69) is 52.4 Å². The van der Waals surface area contributed by atoms with Crippen molar-refractivity contribution >= 4 is 35.8 Å². The van der Waals surface area contributed by atoms with Crippen molar-refractivity contribution < 1.29 is 9.53 Å². The van der Waals surface area contributed by atoms with E-state index < -0.39 is 5.91 Å². The van der Waals surface area contributed by atoms with Gasteiger partial charge in [-0.2, -0.15) is 0 Å². The van der Waals surface area contributed by atoms with E-state index in [4.69, 9.17) is 15.5 Å². The molecule has 3 N–H and O–H groups in total. The molecule has 4 rings (SSSR count). The fraction of sp³-hybridized carbons (Fsp3) is 0.417. The summed E-state index contributed by atoms with van der Waals surface area (Å²) < 4.78 is 6.12. The number of morpholine rings is 1. The highest BCUT2D eigenvalue weighted by molar-refractivity contribution is 14.0. The van der Waals surface area contributed by atoms with E-state index in [-0.39, 0.29) is 30.1 Å². The van der Waals surface area contributed by atoms with Crippen LogP contribution < -0.4 is 11.1 Å². The molecule has 0 radical (unpaired) electrons. The number of primary amides is 1. The van der Waals surface area contributed by atoms with Crippen molar-refractivity contribution in [3.8, 4) is 0 Å². The van der Waals surface area contributed by atoms with E-state index in [1.54, 1.807) is 6.07 Å². The Hall–Kier alpha value is -2.17. The van der Waals surface area contributed by atoms with Gasteiger partial charge in [-0.25, -0.2) is 4.99 Å². The molecule has 2 unspecified atom stereocenters. The summed E-state index contributed by atoms with van der Waals surface area (Å²) in [5.74, 6) is 0.460. The van der Waals surface area contributed by atoms with Gasteiger partial charge in [-0.1, -0.05) is 42.5 Å². The molecule has 32 heavy (non-hydrogen) atoms. The van der Waals surface area contributed by atoms with Gasteiger partial charge in [0.25, 0.3) is 0 Å². The quantitative estimate of drug-likeness (QED) is 0.329. The van der Waals surface area contributed by atoms with Gasteiger partial charge < -0.3 is 20.7 Å². The maximum absolute atomic E-state index is 11.5. The fourth-order valence-corrected chi connectivity index (χ4v) is 4.36. The van der Waals surface area contributed by atoms with Gasteiger partial charge in [0, 0.05) is 38.3 Å². The fourth-order valence-electron chi connectivity index (χ4n) is 4.36. The molecule has 2 heterocycles. The first-order valence-corrected chi connectivity index (χ1v) is 11.0. The number of nitrogens with one attached hydrogen (secondary N) is 1. The molecule has 2 aromatic carbocycles. The van der Waals surface area contributed by atoms with Crippen LogP contribution in [0.5, 0.6) is 0 Å². The van der Waals surface area contributed by atoms with Crippen LogP contribution in [0.3, 0.4) is 0 Å². The molecule has 2 fully saturated rings. The minimum absolute atomic E-state index is 0. The second-order valence-corrected chi connectivity index (χ2v) is 8.07. The summed E-state index contributed by atoms with van der Waals surface area (Å²) in [4.78, 5) is 21.1. The highest BCUT2D eigenvalue weighted by Crippen LogP contribution is 2.25. The molecule has 2 aromatic rings. The molecule has 1 amide bonds. The van der Waals surface area contributed by atoms with Gasteiger partial charge in [-0.15, -0.1) is 24.0 Å². The third-order valence-electron chi connectivity index (χ3n) is 5.90. The number of rotatable bonds is 6. The van der Waals surface area contributed by atoms with Crippen LogP contribution in [0.25, 0.3) is 0 Å². The first-order valence-electron chi connectivity index (χ1n) is 11.0. The Labute approximate surface area is 207 Å². The summed E-state index contributed by atoms with van der Waals surface area (Å²) in [5, 5.41) is 3.42. The lowest BCUT2D eigenvalue weighted by molar-refractivity contribution is -0.0502. The maximum atomic E-state index is 11.5. The SMILES string of the molecule is CCNC(=NCc1cccc(C(N)=O)c1)N1CC2OCCN(Cc3ccccc3)C2C1.I. The normalized spacial score (nSPS) is 21.0. The Bertz CT molecular complexity index is 924. The number of nitrogens with zero attached hydrogens (tertiary/aromatic N) is 3. The van der Waals surface area contributed by atoms with E-state index in [1.165, 1.54) is 5.56 Å². The van der Waals surface area contributed by atoms with Gasteiger partial charge >= 0.3 is 0 Å². The molecule has 0 saturated carbocycles. The Kier molecular flexibility index (Phi) is 8.89. The minimum atomic E-state index is -0.419. The van der Waals surface area contributed by atoms with E-state index in [0.29, 0.717) is 18.2 Å². The maximum Gasteiger partial charge on any atom is 0.248 e. The van der Waals surface area contributed by atoms with Crippen molar-refractivity contribution in [3.05, 3.63) is 71.3 Å². The van der Waals surface area contributed by atoms with E-state index >= 15 is 0 Å². The van der Waals surface area contributed by atoms with E-state index in [1.807, 2.05) is 18.2 Å². The van der Waals surface area contributed by atoms with Crippen LogP contribution in [0, 0.1) is 0 Å². The molecular formula is C24H32IN5O2. The Balaban J connectivity index is 0.00000289. The van der Waals surface area contributed by atoms with E-state index in [0.717, 1.165) is 50.9 Å². The summed E-state index contributed by atoms with van der Waals surface area (Å²) in [5.41, 5.74) is 8.21. The molecule has 2 atom stereocenters. The third-order valence-corrected chi connectivity index (χ3v) is 5.90. The standard InChI is InChI=1S/C24H31N5O2.HI/c1-2-26-24(27-14-19-9-6-10-20(13-19)23(25)30)29-16-21-22(17-29)31-12-11-28(21)15-18-7-4-3-5-8-18;/h3-10,13,21-22H,2,11-12,14-17H2,1H3,(H2,25,30)(H,26,27);1H. The van der Waals surface area contributed by atoms with Crippen molar-refractivity contribution in [2.45, 2.75) is 32.2 Å². The number of carbonyl (C=O) groups is 1. The second kappa shape index (κ2) is 11.6. The van der Waals surface area contributed by atoms with Crippen molar-refractivity contribution in [2.75, 3.05) is 32.8 Å². The number of hydrogen-bond acceptors (Lipinski definition) is 4. The average Bonchev–Trinajstić information content (AvgIpc) is 3.23. The molecule has 0 aliphatic carbocycles. The topological polar surface area (TPSA) is 83.2 Å². The molecular weight excluding hydrogens is 517 g/mol. The monoisotopic (exact) mass is 549 g/mol. The predicted molar refractivity (Wildman–Crippen MR) is 137 cm³/mol. The first kappa shape index (κ1) is 24.5. The van der Waals surface area contributed by atoms with Crippen molar-refractivity contribution in [1.82, 2.24) is 15.1 Å². The van der Waals surface area contributed by atoms with Crippen LogP contribution in [-0.2, 0) is 17.8 Å². The lowest BCUT2D eigenvalue weighted by Gasteiger charge is -2.36. The van der Waals surface area contributed by atoms with Gasteiger partial charge in [-0.05, 0) is 30.2 Å². The molecule has 2 saturated heterocycles. The summed E-state index contributed by atoms with van der Waals surface area (Å²) in [7, 11) is 0. The van der Waals surface area contributed by atoms with Crippen LogP contribution in [0.4, 0.5) is 0 Å². The highest BCUT2D eigenvalue weighted by Gasteiger charge is 2.41. The molecule has 7 nitrogen and oxygen atoms in total. The molecule has 172 valence electrons. The number of carbonyl (C=O) groups excluding carboxylic acids is 1. The first-order chi connectivity index (χ1) is 15.1. The number of ether oxygens (including phenoxy) is 1. The van der Waals surface area contributed by atoms with E-state index in [9.17, 15) is 4.79 Å². The lowest BCUT2D eigenvalue weighted by Crippen LogP contribution is -2.50. The van der Waals surface area contributed by atoms with Crippen LogP contribution in [0.1, 0.15) is 28.4 Å². The zero-order valence-corrected chi connectivity index (χ0v) is 20.8. The summed E-state index contributed by atoms with van der Waals surface area (Å²) in [6, 6.07) is 18.3. The number of amides is 1. The minimum Gasteiger partial charge on any atom is -0.373 e. The summed E-state index contributed by atoms with van der Waals surface area (Å²) >= 11 is 0. The number of aliphatic imine (C=N–C) groups is 1. The Morgan fingerprint density at radius 1 is 1.16 bits per heavy atom. The van der Waals surface area contributed by atoms with Crippen molar-refractivity contribution in [3.63, 3.8) is 0 Å². The highest BCUT2D eigenvalue weighted by atomic mass is 127. The molecule has 0 bridgehead atoms. The van der Waals surface area contributed by atoms with Crippen molar-refractivity contribution in [2.24, 2.45) is 10.7 Å². The van der Waals surface area contributed by atoms with Gasteiger partial charge in [0.15, 0.2) is 5.96 Å². The molecule has 8 heteroatoms. The Morgan fingerprint density at radius 2 is 1.94 bits per heavy atom. The van der Waals surface area contributed by atoms with Crippen LogP contribution in [0.15, 0.2) is 59.6 Å². The number of fused-ring (bicyclic) bond motifs is 1. The van der Waals surface area contributed by atoms with Gasteiger partial charge in [0.1, 0.15) is 0 Å². The van der Waals surface area contributed by atoms with Gasteiger partial charge in [-0.3, -0.25) is 9.69 Å². The zero-order valence-electron chi connectivity index (χ0n) is 18.4. The van der Waals surface area contributed by atoms with Crippen molar-refractivity contribution in [1.29, 1.82) is 0 Å². The molecule has 2 aliphatic rings. The number of guanidine groups is 1. The molecule has 2 aliphatic heterocycles. The number of likely N-dealkylation sites (tertiary alicyclic amines) is 1. The largest absolute Gasteiger partial charge is 0.373 e. The Morgan fingerprint density at radius 3 is 2.69 bits per heavy atom. The summed E-state index contributed by atoms with van der Waals surface area (Å²) in [6.45, 7) is 7.70. The van der Waals surface area contributed by atoms with Gasteiger partial charge in [0.05, 0.1) is 25.3 Å². The number of nitrogens with two attached hydrogens (primary N) is 1. The number of benzene rings is 2. The second-order valence-electron chi connectivity index (χ2n) is 8.07. The number of halogens is 1.